The van der Waals surface area contributed by atoms with E-state index in [0.29, 0.717) is 0 Å². The Hall–Kier alpha value is -0.797. The van der Waals surface area contributed by atoms with Crippen LogP contribution in [0.5, 0.6) is 0 Å². The van der Waals surface area contributed by atoms with Gasteiger partial charge in [0.1, 0.15) is 0 Å². The Morgan fingerprint density at radius 3 is 0.606 bits per heavy atom. The van der Waals surface area contributed by atoms with E-state index < -0.39 is 46.9 Å². The first-order valence-corrected chi connectivity index (χ1v) is 11.3. The minimum Gasteiger partial charge on any atom is -0.741 e. The summed E-state index contributed by atoms with van der Waals surface area (Å²) in [7, 11) is -18.3. The molecular formula is C11H12F9O9RhS3. The maximum Gasteiger partial charge on any atom is 3.00 e. The van der Waals surface area contributed by atoms with Crippen molar-refractivity contribution in [3.05, 3.63) is 24.3 Å². The van der Waals surface area contributed by atoms with Crippen LogP contribution in [-0.2, 0) is 49.8 Å². The molecule has 22 heteroatoms. The molecule has 0 bridgehead atoms. The van der Waals surface area contributed by atoms with Crippen LogP contribution in [0, 0.1) is 0 Å². The van der Waals surface area contributed by atoms with E-state index in [0.717, 1.165) is 0 Å². The van der Waals surface area contributed by atoms with Crippen molar-refractivity contribution in [2.45, 2.75) is 42.2 Å². The van der Waals surface area contributed by atoms with Gasteiger partial charge in [-0.15, -0.1) is 0 Å². The molecule has 0 amide bonds. The molecule has 0 fully saturated rings. The Balaban J connectivity index is -0.000000168. The Morgan fingerprint density at radius 1 is 0.455 bits per heavy atom. The molecule has 1 aliphatic carbocycles. The van der Waals surface area contributed by atoms with Gasteiger partial charge in [-0.3, -0.25) is 0 Å². The van der Waals surface area contributed by atoms with Gasteiger partial charge < -0.3 is 13.7 Å². The topological polar surface area (TPSA) is 172 Å². The summed E-state index contributed by atoms with van der Waals surface area (Å²) in [5, 5.41) is 0. The van der Waals surface area contributed by atoms with Crippen molar-refractivity contribution in [1.29, 1.82) is 0 Å². The second-order valence-electron chi connectivity index (χ2n) is 4.80. The van der Waals surface area contributed by atoms with E-state index in [9.17, 15) is 39.5 Å². The van der Waals surface area contributed by atoms with Gasteiger partial charge in [-0.05, 0) is 25.7 Å². The van der Waals surface area contributed by atoms with Gasteiger partial charge in [-0.1, -0.05) is 24.3 Å². The minimum atomic E-state index is -6.09. The van der Waals surface area contributed by atoms with Gasteiger partial charge in [0.05, 0.1) is 0 Å². The summed E-state index contributed by atoms with van der Waals surface area (Å²) in [6.07, 6.45) is 14.0. The van der Waals surface area contributed by atoms with E-state index in [1.807, 2.05) is 0 Å². The van der Waals surface area contributed by atoms with Crippen LogP contribution < -0.4 is 0 Å². The first-order valence-electron chi connectivity index (χ1n) is 7.11. The van der Waals surface area contributed by atoms with Gasteiger partial charge in [0, 0.05) is 0 Å². The quantitative estimate of drug-likeness (QED) is 0.125. The molecule has 0 aromatic heterocycles. The monoisotopic (exact) mass is 658 g/mol. The van der Waals surface area contributed by atoms with Crippen molar-refractivity contribution in [2.24, 2.45) is 0 Å². The van der Waals surface area contributed by atoms with E-state index in [2.05, 4.69) is 24.3 Å². The third-order valence-corrected chi connectivity index (χ3v) is 3.88. The smallest absolute Gasteiger partial charge is 0.741 e. The molecule has 0 radical (unpaired) electrons. The molecule has 200 valence electrons. The summed E-state index contributed by atoms with van der Waals surface area (Å²) in [4.78, 5) is 0. The Bertz CT molecular complexity index is 791. The predicted molar refractivity (Wildman–Crippen MR) is 84.0 cm³/mol. The molecule has 33 heavy (non-hydrogen) atoms. The van der Waals surface area contributed by atoms with Crippen LogP contribution in [0.25, 0.3) is 0 Å². The van der Waals surface area contributed by atoms with Gasteiger partial charge in [-0.2, -0.15) is 39.5 Å². The second-order valence-corrected chi connectivity index (χ2v) is 8.91. The largest absolute Gasteiger partial charge is 3.00 e. The minimum absolute atomic E-state index is 0. The molecule has 0 saturated carbocycles. The average molecular weight is 658 g/mol. The fourth-order valence-electron chi connectivity index (χ4n) is 0.856. The molecule has 0 saturated heterocycles. The third kappa shape index (κ3) is 22.7. The maximum absolute atomic E-state index is 10.7. The summed E-state index contributed by atoms with van der Waals surface area (Å²) >= 11 is 0. The van der Waals surface area contributed by atoms with Crippen LogP contribution in [0.2, 0.25) is 0 Å². The molecule has 1 rings (SSSR count). The van der Waals surface area contributed by atoms with Crippen molar-refractivity contribution in [3.63, 3.8) is 0 Å². The van der Waals surface area contributed by atoms with Crippen molar-refractivity contribution in [1.82, 2.24) is 0 Å². The predicted octanol–water partition coefficient (Wildman–Crippen LogP) is 2.82. The molecule has 0 N–H and O–H groups in total. The number of halogens is 9. The summed E-state index contributed by atoms with van der Waals surface area (Å²) < 4.78 is 177. The molecule has 0 aromatic carbocycles. The number of rotatable bonds is 0. The average Bonchev–Trinajstić information content (AvgIpc) is 2.41. The van der Waals surface area contributed by atoms with Gasteiger partial charge in [0.25, 0.3) is 0 Å². The van der Waals surface area contributed by atoms with E-state index >= 15 is 0 Å². The molecule has 0 aromatic rings. The molecule has 0 aliphatic heterocycles. The molecule has 0 spiro atoms. The van der Waals surface area contributed by atoms with E-state index in [-0.39, 0.29) is 19.5 Å². The number of allylic oxidation sites excluding steroid dienone is 4. The Kier molecular flexibility index (Phi) is 18.2. The van der Waals surface area contributed by atoms with Crippen molar-refractivity contribution < 1.29 is 97.9 Å². The second kappa shape index (κ2) is 15.3. The van der Waals surface area contributed by atoms with Gasteiger partial charge in [-0.25, -0.2) is 25.3 Å². The fraction of sp³-hybridized carbons (Fsp3) is 0.636. The summed E-state index contributed by atoms with van der Waals surface area (Å²) in [6.45, 7) is 0. The van der Waals surface area contributed by atoms with Crippen LogP contribution in [0.3, 0.4) is 0 Å². The zero-order valence-corrected chi connectivity index (χ0v) is 19.4. The molecule has 0 heterocycles. The van der Waals surface area contributed by atoms with Gasteiger partial charge in [0.2, 0.25) is 0 Å². The van der Waals surface area contributed by atoms with Gasteiger partial charge in [0.15, 0.2) is 30.4 Å². The van der Waals surface area contributed by atoms with Crippen LogP contribution in [0.15, 0.2) is 24.3 Å². The molecular weight excluding hydrogens is 646 g/mol. The van der Waals surface area contributed by atoms with E-state index in [1.54, 1.807) is 0 Å². The van der Waals surface area contributed by atoms with Crippen molar-refractivity contribution in [3.8, 4) is 0 Å². The maximum atomic E-state index is 10.7. The van der Waals surface area contributed by atoms with Crippen LogP contribution in [0.4, 0.5) is 39.5 Å². The zero-order chi connectivity index (χ0) is 26.7. The van der Waals surface area contributed by atoms with Crippen LogP contribution in [-0.4, -0.2) is 55.4 Å². The third-order valence-electron chi connectivity index (χ3n) is 2.18. The summed E-state index contributed by atoms with van der Waals surface area (Å²) in [6, 6.07) is 0. The molecule has 9 nitrogen and oxygen atoms in total. The first kappa shape index (κ1) is 39.4. The fourth-order valence-corrected chi connectivity index (χ4v) is 0.856. The van der Waals surface area contributed by atoms with E-state index in [4.69, 9.17) is 38.9 Å². The first-order chi connectivity index (χ1) is 13.8. The standard InChI is InChI=1S/C8H12.3CHF3O3S.Rh/c1-2-4-6-8-7-5-3-1;3*2-1(3,4)8(5,6)7;/h1-2,7-8H,3-6H2;3*(H,5,6,7);/q;;;;+3/p-3/b2-1-,8-7?;;;;. The zero-order valence-electron chi connectivity index (χ0n) is 15.3. The van der Waals surface area contributed by atoms with Crippen LogP contribution in [0.1, 0.15) is 25.7 Å². The SMILES string of the molecule is C1=CCC/C=C\CC1.O=S(=O)([O-])C(F)(F)F.O=S(=O)([O-])C(F)(F)F.O=S(=O)([O-])C(F)(F)F.[Rh+3]. The van der Waals surface area contributed by atoms with Gasteiger partial charge >= 0.3 is 36.0 Å². The number of hydrogen-bond acceptors (Lipinski definition) is 9. The molecule has 0 unspecified atom stereocenters. The Morgan fingerprint density at radius 2 is 0.545 bits per heavy atom. The molecule has 0 atom stereocenters. The Labute approximate surface area is 194 Å². The summed E-state index contributed by atoms with van der Waals surface area (Å²) in [5.41, 5.74) is -16.9. The summed E-state index contributed by atoms with van der Waals surface area (Å²) in [5.74, 6) is 0. The van der Waals surface area contributed by atoms with Crippen LogP contribution >= 0.6 is 0 Å². The normalized spacial score (nSPS) is 16.0. The van der Waals surface area contributed by atoms with Crippen molar-refractivity contribution in [2.75, 3.05) is 0 Å². The number of hydrogen-bond donors (Lipinski definition) is 0. The molecule has 1 aliphatic rings. The van der Waals surface area contributed by atoms with Crippen molar-refractivity contribution >= 4 is 30.4 Å². The van der Waals surface area contributed by atoms with E-state index in [1.165, 1.54) is 25.7 Å². The number of alkyl halides is 9.